The maximum Gasteiger partial charge on any atom is 0.295 e. The standard InChI is InChI=1S/C10H13N3O4S/c1-7-9(5-13(2)11-7)12-18(15,16)10-4-3-8(6-14)17-10/h3-5,12,14H,6H2,1-2H3. The maximum absolute atomic E-state index is 12.0. The molecule has 2 aromatic heterocycles. The third-order valence-corrected chi connectivity index (χ3v) is 3.55. The average Bonchev–Trinajstić information content (AvgIpc) is 2.86. The Morgan fingerprint density at radius 1 is 1.50 bits per heavy atom. The van der Waals surface area contributed by atoms with Gasteiger partial charge < -0.3 is 9.52 Å². The number of aliphatic hydroxyl groups excluding tert-OH is 1. The first-order chi connectivity index (χ1) is 8.42. The first-order valence-electron chi connectivity index (χ1n) is 5.15. The Morgan fingerprint density at radius 3 is 2.72 bits per heavy atom. The number of hydrogen-bond acceptors (Lipinski definition) is 5. The molecular formula is C10H13N3O4S. The number of nitrogens with zero attached hydrogens (tertiary/aromatic N) is 2. The molecule has 2 aromatic rings. The van der Waals surface area contributed by atoms with Gasteiger partial charge in [-0.1, -0.05) is 0 Å². The van der Waals surface area contributed by atoms with E-state index in [0.29, 0.717) is 11.4 Å². The molecule has 7 nitrogen and oxygen atoms in total. The van der Waals surface area contributed by atoms with Crippen LogP contribution in [-0.2, 0) is 23.7 Å². The number of nitrogens with one attached hydrogen (secondary N) is 1. The fraction of sp³-hybridized carbons (Fsp3) is 0.300. The molecule has 2 rings (SSSR count). The highest BCUT2D eigenvalue weighted by Gasteiger charge is 2.20. The van der Waals surface area contributed by atoms with Crippen molar-refractivity contribution in [3.8, 4) is 0 Å². The molecule has 18 heavy (non-hydrogen) atoms. The van der Waals surface area contributed by atoms with E-state index in [2.05, 4.69) is 9.82 Å². The van der Waals surface area contributed by atoms with E-state index in [-0.39, 0.29) is 17.5 Å². The number of hydrogen-bond donors (Lipinski definition) is 2. The van der Waals surface area contributed by atoms with Gasteiger partial charge in [-0.3, -0.25) is 9.40 Å². The Hall–Kier alpha value is -1.80. The highest BCUT2D eigenvalue weighted by molar-refractivity contribution is 7.92. The number of aryl methyl sites for hydroxylation is 2. The summed E-state index contributed by atoms with van der Waals surface area (Å²) in [4.78, 5) is 0. The second-order valence-electron chi connectivity index (χ2n) is 3.79. The van der Waals surface area contributed by atoms with E-state index in [1.807, 2.05) is 0 Å². The van der Waals surface area contributed by atoms with Crippen LogP contribution in [0.4, 0.5) is 5.69 Å². The Balaban J connectivity index is 2.29. The van der Waals surface area contributed by atoms with Crippen molar-refractivity contribution >= 4 is 15.7 Å². The van der Waals surface area contributed by atoms with Crippen molar-refractivity contribution in [1.29, 1.82) is 0 Å². The summed E-state index contributed by atoms with van der Waals surface area (Å²) < 4.78 is 32.8. The van der Waals surface area contributed by atoms with Gasteiger partial charge in [-0.2, -0.15) is 13.5 Å². The summed E-state index contributed by atoms with van der Waals surface area (Å²) in [5, 5.41) is 12.6. The van der Waals surface area contributed by atoms with Gasteiger partial charge in [-0.25, -0.2) is 0 Å². The molecule has 0 fully saturated rings. The molecule has 0 aromatic carbocycles. The van der Waals surface area contributed by atoms with E-state index in [1.54, 1.807) is 20.2 Å². The van der Waals surface area contributed by atoms with Crippen LogP contribution in [0.2, 0.25) is 0 Å². The van der Waals surface area contributed by atoms with Crippen molar-refractivity contribution in [3.05, 3.63) is 29.8 Å². The minimum atomic E-state index is -3.79. The summed E-state index contributed by atoms with van der Waals surface area (Å²) in [6.07, 6.45) is 1.56. The molecule has 0 spiro atoms. The number of anilines is 1. The monoisotopic (exact) mass is 271 g/mol. The Labute approximate surface area is 104 Å². The molecule has 2 heterocycles. The van der Waals surface area contributed by atoms with Gasteiger partial charge in [0.1, 0.15) is 12.4 Å². The lowest BCUT2D eigenvalue weighted by molar-refractivity contribution is 0.236. The summed E-state index contributed by atoms with van der Waals surface area (Å²) in [5.74, 6) is 0.193. The molecule has 0 unspecified atom stereocenters. The lowest BCUT2D eigenvalue weighted by Crippen LogP contribution is -2.12. The normalized spacial score (nSPS) is 11.7. The van der Waals surface area contributed by atoms with Crippen molar-refractivity contribution in [2.75, 3.05) is 4.72 Å². The van der Waals surface area contributed by atoms with Crippen LogP contribution in [0, 0.1) is 6.92 Å². The predicted octanol–water partition coefficient (Wildman–Crippen LogP) is 0.615. The molecule has 8 heteroatoms. The fourth-order valence-corrected chi connectivity index (χ4v) is 2.54. The molecule has 0 saturated heterocycles. The molecule has 0 aliphatic carbocycles. The topological polar surface area (TPSA) is 97.4 Å². The van der Waals surface area contributed by atoms with Crippen LogP contribution in [0.25, 0.3) is 0 Å². The van der Waals surface area contributed by atoms with Crippen LogP contribution < -0.4 is 4.72 Å². The Bertz CT molecular complexity index is 656. The van der Waals surface area contributed by atoms with Crippen molar-refractivity contribution in [1.82, 2.24) is 9.78 Å². The van der Waals surface area contributed by atoms with Crippen molar-refractivity contribution in [3.63, 3.8) is 0 Å². The van der Waals surface area contributed by atoms with E-state index in [0.717, 1.165) is 0 Å². The molecular weight excluding hydrogens is 258 g/mol. The van der Waals surface area contributed by atoms with E-state index in [1.165, 1.54) is 16.8 Å². The average molecular weight is 271 g/mol. The van der Waals surface area contributed by atoms with Crippen LogP contribution >= 0.6 is 0 Å². The van der Waals surface area contributed by atoms with Crippen LogP contribution in [0.1, 0.15) is 11.5 Å². The number of rotatable bonds is 4. The fourth-order valence-electron chi connectivity index (χ4n) is 1.48. The van der Waals surface area contributed by atoms with Gasteiger partial charge in [0.05, 0.1) is 11.4 Å². The molecule has 0 amide bonds. The third kappa shape index (κ3) is 2.39. The highest BCUT2D eigenvalue weighted by atomic mass is 32.2. The van der Waals surface area contributed by atoms with Crippen LogP contribution in [0.5, 0.6) is 0 Å². The van der Waals surface area contributed by atoms with Crippen molar-refractivity contribution < 1.29 is 17.9 Å². The zero-order valence-electron chi connectivity index (χ0n) is 9.91. The Kier molecular flexibility index (Phi) is 3.14. The van der Waals surface area contributed by atoms with Crippen molar-refractivity contribution in [2.24, 2.45) is 7.05 Å². The molecule has 0 bridgehead atoms. The number of sulfonamides is 1. The van der Waals surface area contributed by atoms with Gasteiger partial charge in [0.2, 0.25) is 5.09 Å². The van der Waals surface area contributed by atoms with Gasteiger partial charge in [0, 0.05) is 13.2 Å². The van der Waals surface area contributed by atoms with Crippen LogP contribution in [0.3, 0.4) is 0 Å². The van der Waals surface area contributed by atoms with Crippen LogP contribution in [0.15, 0.2) is 27.8 Å². The smallest absolute Gasteiger partial charge is 0.295 e. The molecule has 0 aliphatic rings. The lowest BCUT2D eigenvalue weighted by atomic mass is 10.4. The van der Waals surface area contributed by atoms with Gasteiger partial charge in [0.15, 0.2) is 0 Å². The minimum absolute atomic E-state index is 0.193. The van der Waals surface area contributed by atoms with Gasteiger partial charge in [-0.05, 0) is 19.1 Å². The van der Waals surface area contributed by atoms with E-state index in [9.17, 15) is 8.42 Å². The highest BCUT2D eigenvalue weighted by Crippen LogP contribution is 2.20. The number of aliphatic hydroxyl groups is 1. The summed E-state index contributed by atoms with van der Waals surface area (Å²) in [7, 11) is -2.10. The third-order valence-electron chi connectivity index (χ3n) is 2.32. The quantitative estimate of drug-likeness (QED) is 0.849. The van der Waals surface area contributed by atoms with E-state index in [4.69, 9.17) is 9.52 Å². The van der Waals surface area contributed by atoms with Gasteiger partial charge in [0.25, 0.3) is 10.0 Å². The van der Waals surface area contributed by atoms with Gasteiger partial charge in [-0.15, -0.1) is 0 Å². The van der Waals surface area contributed by atoms with Gasteiger partial charge >= 0.3 is 0 Å². The second kappa shape index (κ2) is 4.46. The largest absolute Gasteiger partial charge is 0.445 e. The zero-order chi connectivity index (χ0) is 13.3. The predicted molar refractivity (Wildman–Crippen MR) is 63.4 cm³/mol. The van der Waals surface area contributed by atoms with Crippen LogP contribution in [-0.4, -0.2) is 23.3 Å². The first-order valence-corrected chi connectivity index (χ1v) is 6.63. The minimum Gasteiger partial charge on any atom is -0.445 e. The number of aromatic nitrogens is 2. The SMILES string of the molecule is Cc1nn(C)cc1NS(=O)(=O)c1ccc(CO)o1. The van der Waals surface area contributed by atoms with E-state index < -0.39 is 10.0 Å². The summed E-state index contributed by atoms with van der Waals surface area (Å²) in [6.45, 7) is 1.35. The maximum atomic E-state index is 12.0. The summed E-state index contributed by atoms with van der Waals surface area (Å²) >= 11 is 0. The Morgan fingerprint density at radius 2 is 2.22 bits per heavy atom. The number of furan rings is 1. The molecule has 0 aliphatic heterocycles. The molecule has 98 valence electrons. The molecule has 0 saturated carbocycles. The summed E-state index contributed by atoms with van der Waals surface area (Å²) in [5.41, 5.74) is 0.953. The molecule has 0 radical (unpaired) electrons. The zero-order valence-corrected chi connectivity index (χ0v) is 10.7. The molecule has 2 N–H and O–H groups in total. The lowest BCUT2D eigenvalue weighted by Gasteiger charge is -2.03. The first kappa shape index (κ1) is 12.7. The summed E-state index contributed by atoms with van der Waals surface area (Å²) in [6, 6.07) is 2.70. The second-order valence-corrected chi connectivity index (χ2v) is 5.40. The van der Waals surface area contributed by atoms with E-state index >= 15 is 0 Å². The van der Waals surface area contributed by atoms with Crippen molar-refractivity contribution in [2.45, 2.75) is 18.6 Å². The molecule has 0 atom stereocenters.